The zero-order chi connectivity index (χ0) is 25.4. The van der Waals surface area contributed by atoms with Gasteiger partial charge in [-0.2, -0.15) is 0 Å². The molecule has 2 heterocycles. The maximum atomic E-state index is 14.9. The van der Waals surface area contributed by atoms with Gasteiger partial charge in [-0.25, -0.2) is 14.0 Å². The molecule has 0 N–H and O–H groups in total. The van der Waals surface area contributed by atoms with Gasteiger partial charge in [0.2, 0.25) is 0 Å². The number of halogens is 2. The summed E-state index contributed by atoms with van der Waals surface area (Å²) in [6.45, 7) is 1.35. The van der Waals surface area contributed by atoms with Crippen molar-refractivity contribution in [3.8, 4) is 11.3 Å². The van der Waals surface area contributed by atoms with Crippen LogP contribution in [0, 0.1) is 12.7 Å². The van der Waals surface area contributed by atoms with Gasteiger partial charge in [0, 0.05) is 28.7 Å². The van der Waals surface area contributed by atoms with Crippen molar-refractivity contribution in [3.63, 3.8) is 0 Å². The molecule has 4 aromatic rings. The average molecular weight is 529 g/mol. The number of nitrogens with zero attached hydrogens (tertiary/aromatic N) is 2. The summed E-state index contributed by atoms with van der Waals surface area (Å²) in [5.74, 6) is -0.728. The van der Waals surface area contributed by atoms with Gasteiger partial charge in [0.05, 0.1) is 11.7 Å². The van der Waals surface area contributed by atoms with Crippen molar-refractivity contribution in [2.75, 3.05) is 7.05 Å². The average Bonchev–Trinajstić information content (AvgIpc) is 3.50. The van der Waals surface area contributed by atoms with Crippen LogP contribution in [0.15, 0.2) is 73.3 Å². The van der Waals surface area contributed by atoms with Gasteiger partial charge in [0.15, 0.2) is 18.1 Å². The molecule has 1 amide bonds. The fourth-order valence-corrected chi connectivity index (χ4v) is 5.70. The zero-order valence-corrected chi connectivity index (χ0v) is 21.1. The van der Waals surface area contributed by atoms with Crippen LogP contribution in [0.25, 0.3) is 11.3 Å². The normalized spacial score (nSPS) is 14.6. The highest BCUT2D eigenvalue weighted by Crippen LogP contribution is 2.45. The lowest BCUT2D eigenvalue weighted by atomic mass is 10.1. The van der Waals surface area contributed by atoms with E-state index in [1.807, 2.05) is 28.4 Å². The van der Waals surface area contributed by atoms with Crippen LogP contribution in [0.1, 0.15) is 35.1 Å². The minimum atomic E-state index is -0.841. The third kappa shape index (κ3) is 4.68. The number of rotatable bonds is 6. The molecule has 2 aromatic carbocycles. The van der Waals surface area contributed by atoms with Crippen LogP contribution in [-0.2, 0) is 17.8 Å². The van der Waals surface area contributed by atoms with Crippen molar-refractivity contribution < 1.29 is 22.8 Å². The minimum Gasteiger partial charge on any atom is -0.441 e. The van der Waals surface area contributed by atoms with Gasteiger partial charge < -0.3 is 18.5 Å². The summed E-state index contributed by atoms with van der Waals surface area (Å²) in [4.78, 5) is 26.5. The van der Waals surface area contributed by atoms with Crippen molar-refractivity contribution in [1.29, 1.82) is 0 Å². The molecular formula is C26H22ClFN2O5S. The molecule has 2 aromatic heterocycles. The largest absolute Gasteiger partial charge is 0.519 e. The summed E-state index contributed by atoms with van der Waals surface area (Å²) in [7, 11) is 1.66. The Morgan fingerprint density at radius 3 is 2.78 bits per heavy atom. The molecule has 0 aliphatic heterocycles. The molecule has 36 heavy (non-hydrogen) atoms. The molecule has 7 nitrogen and oxygen atoms in total. The van der Waals surface area contributed by atoms with E-state index in [-0.39, 0.29) is 30.0 Å². The fraction of sp³-hybridized carbons (Fsp3) is 0.231. The second-order valence-corrected chi connectivity index (χ2v) is 9.90. The summed E-state index contributed by atoms with van der Waals surface area (Å²) in [6.07, 6.45) is 2.71. The number of aryl methyl sites for hydroxylation is 1. The number of ether oxygens (including phenoxy) is 1. The van der Waals surface area contributed by atoms with Gasteiger partial charge in [-0.1, -0.05) is 29.8 Å². The lowest BCUT2D eigenvalue weighted by Crippen LogP contribution is -2.30. The SMILES string of the molecule is Cc1oc(=O)oc1COC(=O)N(C)C1CCc2c1cn(Sc1cccc(Cl)c1)c2-c1ccccc1F. The summed E-state index contributed by atoms with van der Waals surface area (Å²) >= 11 is 7.61. The Bertz CT molecular complexity index is 1490. The standard InChI is InChI=1S/C26H22ClFN2O5S/c1-15-23(35-26(32)34-15)14-33-25(31)29(2)22-11-10-18-20(22)13-30(36-17-7-5-6-16(27)12-17)24(18)19-8-3-4-9-21(19)28/h3-9,12-13,22H,10-11,14H2,1-2H3. The van der Waals surface area contributed by atoms with Crippen molar-refractivity contribution >= 4 is 29.6 Å². The highest BCUT2D eigenvalue weighted by atomic mass is 35.5. The predicted molar refractivity (Wildman–Crippen MR) is 134 cm³/mol. The molecule has 1 aliphatic rings. The van der Waals surface area contributed by atoms with Gasteiger partial charge in [-0.15, -0.1) is 0 Å². The molecule has 1 atom stereocenters. The number of fused-ring (bicyclic) bond motifs is 1. The number of hydrogen-bond acceptors (Lipinski definition) is 6. The van der Waals surface area contributed by atoms with Crippen LogP contribution in [-0.4, -0.2) is 22.0 Å². The summed E-state index contributed by atoms with van der Waals surface area (Å²) in [6, 6.07) is 13.8. The molecular weight excluding hydrogens is 507 g/mol. The van der Waals surface area contributed by atoms with Crippen LogP contribution >= 0.6 is 23.5 Å². The first-order valence-corrected chi connectivity index (χ1v) is 12.4. The van der Waals surface area contributed by atoms with E-state index in [0.29, 0.717) is 23.4 Å². The van der Waals surface area contributed by atoms with Crippen molar-refractivity contribution in [2.24, 2.45) is 0 Å². The topological polar surface area (TPSA) is 77.8 Å². The summed E-state index contributed by atoms with van der Waals surface area (Å²) in [5.41, 5.74) is 3.15. The predicted octanol–water partition coefficient (Wildman–Crippen LogP) is 6.61. The van der Waals surface area contributed by atoms with Gasteiger partial charge in [-0.05, 0) is 73.2 Å². The molecule has 1 unspecified atom stereocenters. The molecule has 0 spiro atoms. The molecule has 0 saturated heterocycles. The Morgan fingerprint density at radius 2 is 2.06 bits per heavy atom. The minimum absolute atomic E-state index is 0.166. The van der Waals surface area contributed by atoms with Crippen LogP contribution in [0.4, 0.5) is 9.18 Å². The van der Waals surface area contributed by atoms with E-state index in [0.717, 1.165) is 21.7 Å². The van der Waals surface area contributed by atoms with Gasteiger partial charge >= 0.3 is 11.9 Å². The molecule has 5 rings (SSSR count). The van der Waals surface area contributed by atoms with Gasteiger partial charge in [0.25, 0.3) is 0 Å². The highest BCUT2D eigenvalue weighted by molar-refractivity contribution is 7.98. The Morgan fingerprint density at radius 1 is 1.25 bits per heavy atom. The number of carbonyl (C=O) groups is 1. The second-order valence-electron chi connectivity index (χ2n) is 8.42. The zero-order valence-electron chi connectivity index (χ0n) is 19.5. The molecule has 186 valence electrons. The number of amides is 1. The molecule has 0 radical (unpaired) electrons. The number of aromatic nitrogens is 1. The van der Waals surface area contributed by atoms with Crippen LogP contribution in [0.5, 0.6) is 0 Å². The summed E-state index contributed by atoms with van der Waals surface area (Å²) < 4.78 is 31.9. The third-order valence-electron chi connectivity index (χ3n) is 6.18. The quantitative estimate of drug-likeness (QED) is 0.280. The van der Waals surface area contributed by atoms with E-state index in [1.165, 1.54) is 22.9 Å². The van der Waals surface area contributed by atoms with Crippen molar-refractivity contribution in [3.05, 3.63) is 98.8 Å². The first-order chi connectivity index (χ1) is 17.3. The fourth-order valence-electron chi connectivity index (χ4n) is 4.43. The van der Waals surface area contributed by atoms with E-state index in [4.69, 9.17) is 25.2 Å². The van der Waals surface area contributed by atoms with E-state index in [2.05, 4.69) is 0 Å². The van der Waals surface area contributed by atoms with E-state index in [1.54, 1.807) is 38.2 Å². The molecule has 0 fully saturated rings. The first-order valence-electron chi connectivity index (χ1n) is 11.2. The number of carbonyl (C=O) groups excluding carboxylic acids is 1. The Labute approximate surface area is 215 Å². The highest BCUT2D eigenvalue weighted by Gasteiger charge is 2.35. The number of hydrogen-bond donors (Lipinski definition) is 0. The van der Waals surface area contributed by atoms with Gasteiger partial charge in [0.1, 0.15) is 5.82 Å². The Hall–Kier alpha value is -3.43. The lowest BCUT2D eigenvalue weighted by molar-refractivity contribution is 0.0844. The molecule has 0 saturated carbocycles. The Balaban J connectivity index is 1.45. The number of benzene rings is 2. The first kappa shape index (κ1) is 24.3. The van der Waals surface area contributed by atoms with E-state index in [9.17, 15) is 14.0 Å². The van der Waals surface area contributed by atoms with Gasteiger partial charge in [-0.3, -0.25) is 3.97 Å². The molecule has 1 aliphatic carbocycles. The third-order valence-corrected chi connectivity index (χ3v) is 7.37. The van der Waals surface area contributed by atoms with E-state index < -0.39 is 11.9 Å². The van der Waals surface area contributed by atoms with Crippen LogP contribution in [0.3, 0.4) is 0 Å². The molecule has 10 heteroatoms. The van der Waals surface area contributed by atoms with Crippen LogP contribution in [0.2, 0.25) is 5.02 Å². The molecule has 0 bridgehead atoms. The van der Waals surface area contributed by atoms with Crippen molar-refractivity contribution in [1.82, 2.24) is 8.87 Å². The lowest BCUT2D eigenvalue weighted by Gasteiger charge is -2.24. The van der Waals surface area contributed by atoms with Crippen LogP contribution < -0.4 is 5.82 Å². The smallest absolute Gasteiger partial charge is 0.441 e. The maximum absolute atomic E-state index is 14.9. The van der Waals surface area contributed by atoms with Crippen molar-refractivity contribution in [2.45, 2.75) is 37.3 Å². The Kier molecular flexibility index (Phi) is 6.68. The monoisotopic (exact) mass is 528 g/mol. The maximum Gasteiger partial charge on any atom is 0.519 e. The van der Waals surface area contributed by atoms with E-state index >= 15 is 0 Å². The second kappa shape index (κ2) is 9.91. The summed E-state index contributed by atoms with van der Waals surface area (Å²) in [5, 5.41) is 0.608.